The number of nitrogens with zero attached hydrogens (tertiary/aromatic N) is 3. The van der Waals surface area contributed by atoms with Crippen LogP contribution in [-0.4, -0.2) is 121 Å². The van der Waals surface area contributed by atoms with E-state index in [1.54, 1.807) is 0 Å². The van der Waals surface area contributed by atoms with Gasteiger partial charge in [0.15, 0.2) is 23.0 Å². The second-order valence-corrected chi connectivity index (χ2v) is 21.0. The van der Waals surface area contributed by atoms with Crippen LogP contribution in [0.3, 0.4) is 0 Å². The van der Waals surface area contributed by atoms with Crippen LogP contribution in [0.5, 0.6) is 34.5 Å². The Hall–Kier alpha value is -6.97. The van der Waals surface area contributed by atoms with Crippen LogP contribution in [0.1, 0.15) is 6.92 Å². The van der Waals surface area contributed by atoms with E-state index < -0.39 is 80.6 Å². The zero-order valence-corrected chi connectivity index (χ0v) is 41.9. The Balaban J connectivity index is 0.000000192. The van der Waals surface area contributed by atoms with E-state index in [9.17, 15) is 53.4 Å². The van der Waals surface area contributed by atoms with Crippen molar-refractivity contribution < 1.29 is 77.1 Å². The maximum atomic E-state index is 13.1. The van der Waals surface area contributed by atoms with Crippen molar-refractivity contribution in [2.24, 2.45) is 0 Å². The second-order valence-electron chi connectivity index (χ2n) is 17.5. The molecule has 2 saturated heterocycles. The number of piperidine rings is 2. The summed E-state index contributed by atoms with van der Waals surface area (Å²) in [5.41, 5.74) is 2.93. The van der Waals surface area contributed by atoms with E-state index in [0.717, 1.165) is 77.6 Å². The number of anilines is 4. The van der Waals surface area contributed by atoms with Crippen molar-refractivity contribution in [2.45, 2.75) is 65.8 Å². The summed E-state index contributed by atoms with van der Waals surface area (Å²) >= 11 is 0. The number of para-hydroxylation sites is 8. The molecule has 0 unspecified atom stereocenters. The van der Waals surface area contributed by atoms with Crippen molar-refractivity contribution in [3.8, 4) is 34.5 Å². The molecule has 25 heteroatoms. The zero-order valence-electron chi connectivity index (χ0n) is 40.2. The number of aldehydes is 1. The number of alkyl halides is 6. The first-order chi connectivity index (χ1) is 36.1. The lowest BCUT2D eigenvalue weighted by molar-refractivity contribution is -0.275. The summed E-state index contributed by atoms with van der Waals surface area (Å²) < 4.78 is 151. The van der Waals surface area contributed by atoms with Crippen LogP contribution in [0.15, 0.2) is 155 Å². The van der Waals surface area contributed by atoms with Crippen LogP contribution in [0.2, 0.25) is 0 Å². The van der Waals surface area contributed by atoms with Gasteiger partial charge in [0.25, 0.3) is 0 Å². The molecule has 4 heterocycles. The van der Waals surface area contributed by atoms with Crippen molar-refractivity contribution in [1.29, 1.82) is 0 Å². The number of hydrogen-bond acceptors (Lipinski definition) is 15. The number of aliphatic hydroxyl groups excluding tert-OH is 2. The van der Waals surface area contributed by atoms with Crippen LogP contribution < -0.4 is 43.5 Å². The van der Waals surface area contributed by atoms with Crippen LogP contribution in [-0.2, 0) is 24.8 Å². The average molecular weight is 1100 g/mol. The van der Waals surface area contributed by atoms with Gasteiger partial charge < -0.3 is 54.0 Å². The Labute approximate surface area is 433 Å². The van der Waals surface area contributed by atoms with E-state index in [1.165, 1.54) is 6.92 Å². The van der Waals surface area contributed by atoms with Gasteiger partial charge in [0.2, 0.25) is 20.0 Å². The Morgan fingerprint density at radius 1 is 0.553 bits per heavy atom. The van der Waals surface area contributed by atoms with Crippen molar-refractivity contribution in [3.05, 3.63) is 146 Å². The average Bonchev–Trinajstić information content (AvgIpc) is 3.38. The fourth-order valence-electron chi connectivity index (χ4n) is 9.16. The number of likely N-dealkylation sites (N-methyl/N-ethyl adjacent to an activating group) is 1. The maximum Gasteiger partial charge on any atom is 0.573 e. The van der Waals surface area contributed by atoms with Crippen molar-refractivity contribution in [3.63, 3.8) is 0 Å². The number of sulfonamides is 2. The number of carbonyl (C=O) groups is 1. The lowest BCUT2D eigenvalue weighted by atomic mass is 9.95. The molecular formula is C51H50F6N6O11S2. The molecule has 6 atom stereocenters. The van der Waals surface area contributed by atoms with Gasteiger partial charge in [-0.2, -0.15) is 0 Å². The molecule has 0 aromatic heterocycles. The van der Waals surface area contributed by atoms with Gasteiger partial charge in [-0.3, -0.25) is 0 Å². The van der Waals surface area contributed by atoms with E-state index in [0.29, 0.717) is 36.1 Å². The van der Waals surface area contributed by atoms with Crippen molar-refractivity contribution >= 4 is 49.1 Å². The highest BCUT2D eigenvalue weighted by molar-refractivity contribution is 7.89. The van der Waals surface area contributed by atoms with Crippen LogP contribution in [0, 0.1) is 0 Å². The standard InChI is InChI=1S/C25H24F3N3O5S.C24H22F3N3O5S.C2H4O/c1-30-14-18(29-37(33,34)17-12-10-16(11-13-17)36-25(26,27)28)24(32)21(15-30)31-19-6-2-4-8-22(19)35-23-9-5-3-7-20(23)31;25-24(26,27)35-15-9-11-16(12-10-15)36(32,33)29-17-13-28-14-20(23(17)31)30-18-5-1-3-7-21(18)34-22-8-4-2-6-19(22)30;1-2-3/h2-13,18,21,24,29,32H,14-15H2,1H3;1-12,17,20,23,28-29,31H,13-14H2;2H,1H3/t18-,21+,24+;17-,20+,23+;/m11./s1. The molecule has 76 heavy (non-hydrogen) atoms. The molecule has 17 nitrogen and oxygen atoms in total. The number of hydrogen-bond donors (Lipinski definition) is 5. The first-order valence-corrected chi connectivity index (χ1v) is 26.2. The highest BCUT2D eigenvalue weighted by Crippen LogP contribution is 2.50. The molecule has 0 saturated carbocycles. The third-order valence-electron chi connectivity index (χ3n) is 12.3. The zero-order chi connectivity index (χ0) is 54.6. The second kappa shape index (κ2) is 22.7. The quantitative estimate of drug-likeness (QED) is 0.0663. The summed E-state index contributed by atoms with van der Waals surface area (Å²) in [6.07, 6.45) is -11.3. The normalized spacial score (nSPS) is 21.2. The topological polar surface area (TPSA) is 209 Å². The maximum absolute atomic E-state index is 13.1. The third kappa shape index (κ3) is 12.8. The Bertz CT molecular complexity index is 3120. The number of fused-ring (bicyclic) bond motifs is 4. The molecule has 2 fully saturated rings. The molecule has 5 N–H and O–H groups in total. The minimum Gasteiger partial charge on any atom is -0.453 e. The van der Waals surface area contributed by atoms with Gasteiger partial charge in [0, 0.05) is 26.2 Å². The number of nitrogens with one attached hydrogen (secondary N) is 3. The number of rotatable bonds is 10. The number of likely N-dealkylation sites (tertiary alicyclic amines) is 1. The summed E-state index contributed by atoms with van der Waals surface area (Å²) in [5.74, 6) is 1.36. The summed E-state index contributed by atoms with van der Waals surface area (Å²) in [7, 11) is -6.51. The molecule has 6 aromatic rings. The largest absolute Gasteiger partial charge is 0.573 e. The Morgan fingerprint density at radius 3 is 1.28 bits per heavy atom. The molecular weight excluding hydrogens is 1050 g/mol. The summed E-state index contributed by atoms with van der Waals surface area (Å²) in [4.78, 5) is 14.1. The van der Waals surface area contributed by atoms with E-state index in [4.69, 9.17) is 14.3 Å². The molecule has 0 amide bonds. The predicted octanol–water partition coefficient (Wildman–Crippen LogP) is 7.57. The van der Waals surface area contributed by atoms with Crippen LogP contribution >= 0.6 is 0 Å². The van der Waals surface area contributed by atoms with Gasteiger partial charge in [0.1, 0.15) is 17.8 Å². The molecule has 0 bridgehead atoms. The van der Waals surface area contributed by atoms with Crippen LogP contribution in [0.4, 0.5) is 49.1 Å². The van der Waals surface area contributed by atoms with E-state index in [-0.39, 0.29) is 22.9 Å². The Morgan fingerprint density at radius 2 is 0.895 bits per heavy atom. The fraction of sp³-hybridized carbons (Fsp3) is 0.275. The van der Waals surface area contributed by atoms with Gasteiger partial charge in [-0.25, -0.2) is 26.3 Å². The predicted molar refractivity (Wildman–Crippen MR) is 266 cm³/mol. The molecule has 4 aliphatic heterocycles. The molecule has 4 aliphatic rings. The summed E-state index contributed by atoms with van der Waals surface area (Å²) in [6.45, 7) is 2.62. The smallest absolute Gasteiger partial charge is 0.453 e. The van der Waals surface area contributed by atoms with Gasteiger partial charge >= 0.3 is 12.7 Å². The van der Waals surface area contributed by atoms with Gasteiger partial charge in [-0.1, -0.05) is 48.5 Å². The van der Waals surface area contributed by atoms with E-state index >= 15 is 0 Å². The molecule has 404 valence electrons. The SMILES string of the molecule is CC=O.CN1C[C@@H](NS(=O)(=O)c2ccc(OC(F)(F)F)cc2)[C@H](O)[C@@H](N2c3ccccc3Oc3ccccc32)C1.O=S(=O)(N[C@@H]1CNC[C@H](N2c3ccccc3Oc3ccccc32)[C@H]1O)c1ccc(OC(F)(F)F)cc1. The van der Waals surface area contributed by atoms with Gasteiger partial charge in [-0.15, -0.1) is 26.3 Å². The number of benzene rings is 6. The highest BCUT2D eigenvalue weighted by atomic mass is 32.2. The molecule has 10 rings (SSSR count). The minimum atomic E-state index is -4.89. The van der Waals surface area contributed by atoms with Gasteiger partial charge in [-0.05, 0) is 111 Å². The molecule has 0 aliphatic carbocycles. The summed E-state index contributed by atoms with van der Waals surface area (Å²) in [5, 5.41) is 25.9. The number of halogens is 6. The lowest BCUT2D eigenvalue weighted by Crippen LogP contribution is -2.64. The number of ether oxygens (including phenoxy) is 4. The molecule has 0 radical (unpaired) electrons. The fourth-order valence-corrected chi connectivity index (χ4v) is 11.7. The molecule has 0 spiro atoms. The van der Waals surface area contributed by atoms with E-state index in [1.807, 2.05) is 119 Å². The third-order valence-corrected chi connectivity index (χ3v) is 15.3. The monoisotopic (exact) mass is 1100 g/mol. The minimum absolute atomic E-state index is 0.153. The Kier molecular flexibility index (Phi) is 16.5. The van der Waals surface area contributed by atoms with Crippen LogP contribution in [0.25, 0.3) is 0 Å². The lowest BCUT2D eigenvalue weighted by Gasteiger charge is -2.47. The number of aliphatic hydroxyl groups is 2. The first kappa shape index (κ1) is 55.3. The first-order valence-electron chi connectivity index (χ1n) is 23.3. The molecule has 6 aromatic carbocycles. The van der Waals surface area contributed by atoms with Crippen molar-refractivity contribution in [1.82, 2.24) is 19.7 Å². The summed E-state index contributed by atoms with van der Waals surface area (Å²) in [6, 6.07) is 34.3. The highest BCUT2D eigenvalue weighted by Gasteiger charge is 2.44. The number of carbonyl (C=O) groups excluding carboxylic acids is 1. The van der Waals surface area contributed by atoms with E-state index in [2.05, 4.69) is 24.2 Å². The van der Waals surface area contributed by atoms with Crippen molar-refractivity contribution in [2.75, 3.05) is 43.0 Å². The van der Waals surface area contributed by atoms with Gasteiger partial charge in [0.05, 0.1) is 68.9 Å².